The molecule has 0 aliphatic heterocycles. The number of nitrogens with zero attached hydrogens (tertiary/aromatic N) is 4. The molecule has 0 fully saturated rings. The number of ether oxygens (including phenoxy) is 2. The van der Waals surface area contributed by atoms with Crippen LogP contribution >= 0.6 is 11.6 Å². The zero-order valence-electron chi connectivity index (χ0n) is 16.5. The molecule has 0 saturated heterocycles. The summed E-state index contributed by atoms with van der Waals surface area (Å²) in [6.45, 7) is 2.18. The van der Waals surface area contributed by atoms with Crippen LogP contribution in [-0.2, 0) is 4.79 Å². The number of nitrogens with one attached hydrogen (secondary N) is 1. The topological polar surface area (TPSA) is 100 Å². The number of aromatic nitrogens is 4. The molecular weight excluding hydrogens is 422 g/mol. The molecule has 0 spiro atoms. The first-order chi connectivity index (χ1) is 15.0. The highest BCUT2D eigenvalue weighted by Crippen LogP contribution is 2.18. The zero-order valence-corrected chi connectivity index (χ0v) is 17.2. The van der Waals surface area contributed by atoms with Gasteiger partial charge in [-0.3, -0.25) is 15.0 Å². The van der Waals surface area contributed by atoms with Crippen LogP contribution in [0.1, 0.15) is 6.92 Å². The summed E-state index contributed by atoms with van der Waals surface area (Å²) in [5.41, 5.74) is 3.01. The van der Waals surface area contributed by atoms with Gasteiger partial charge in [0.2, 0.25) is 0 Å². The van der Waals surface area contributed by atoms with Gasteiger partial charge in [-0.15, -0.1) is 0 Å². The summed E-state index contributed by atoms with van der Waals surface area (Å²) in [6.07, 6.45) is 2.62. The summed E-state index contributed by atoms with van der Waals surface area (Å²) in [7, 11) is 0. The van der Waals surface area contributed by atoms with Crippen molar-refractivity contribution >= 4 is 28.5 Å². The monoisotopic (exact) mass is 439 g/mol. The Kier molecular flexibility index (Phi) is 5.85. The van der Waals surface area contributed by atoms with Crippen molar-refractivity contribution in [1.82, 2.24) is 19.4 Å². The van der Waals surface area contributed by atoms with Crippen LogP contribution in [0.3, 0.4) is 0 Å². The van der Waals surface area contributed by atoms with E-state index in [0.717, 1.165) is 4.68 Å². The van der Waals surface area contributed by atoms with Crippen LogP contribution < -0.4 is 20.5 Å². The molecule has 1 amide bonds. The molecule has 158 valence electrons. The predicted molar refractivity (Wildman–Crippen MR) is 116 cm³/mol. The van der Waals surface area contributed by atoms with Crippen molar-refractivity contribution in [2.24, 2.45) is 0 Å². The second kappa shape index (κ2) is 8.88. The molecule has 2 aromatic heterocycles. The molecule has 4 rings (SSSR count). The van der Waals surface area contributed by atoms with Gasteiger partial charge in [-0.2, -0.15) is 5.10 Å². The third-order valence-electron chi connectivity index (χ3n) is 4.29. The van der Waals surface area contributed by atoms with Gasteiger partial charge in [0, 0.05) is 5.02 Å². The predicted octanol–water partition coefficient (Wildman–Crippen LogP) is 2.78. The van der Waals surface area contributed by atoms with Crippen LogP contribution in [0.25, 0.3) is 16.7 Å². The zero-order chi connectivity index (χ0) is 21.8. The van der Waals surface area contributed by atoms with Crippen molar-refractivity contribution in [2.45, 2.75) is 6.92 Å². The van der Waals surface area contributed by atoms with Crippen molar-refractivity contribution in [3.05, 3.63) is 76.4 Å². The Morgan fingerprint density at radius 2 is 1.87 bits per heavy atom. The smallest absolute Gasteiger partial charge is 0.283 e. The average molecular weight is 440 g/mol. The Hall–Kier alpha value is -3.85. The maximum atomic E-state index is 12.7. The van der Waals surface area contributed by atoms with Crippen LogP contribution in [0.2, 0.25) is 5.02 Å². The van der Waals surface area contributed by atoms with Crippen LogP contribution in [0, 0.1) is 0 Å². The fourth-order valence-electron chi connectivity index (χ4n) is 2.90. The lowest BCUT2D eigenvalue weighted by Gasteiger charge is -2.10. The van der Waals surface area contributed by atoms with E-state index >= 15 is 0 Å². The normalized spacial score (nSPS) is 10.8. The van der Waals surface area contributed by atoms with Gasteiger partial charge < -0.3 is 9.47 Å². The minimum absolute atomic E-state index is 0.246. The Balaban J connectivity index is 1.46. The molecular formula is C21H18ClN5O4. The summed E-state index contributed by atoms with van der Waals surface area (Å²) in [4.78, 5) is 29.2. The number of benzene rings is 2. The van der Waals surface area contributed by atoms with Crippen LogP contribution in [-0.4, -0.2) is 38.6 Å². The summed E-state index contributed by atoms with van der Waals surface area (Å²) >= 11 is 6.03. The van der Waals surface area contributed by atoms with Crippen molar-refractivity contribution < 1.29 is 14.3 Å². The van der Waals surface area contributed by atoms with Crippen molar-refractivity contribution in [3.63, 3.8) is 0 Å². The second-order valence-corrected chi connectivity index (χ2v) is 6.86. The highest BCUT2D eigenvalue weighted by Gasteiger charge is 2.13. The van der Waals surface area contributed by atoms with E-state index in [2.05, 4.69) is 15.5 Å². The number of halogens is 1. The van der Waals surface area contributed by atoms with Gasteiger partial charge >= 0.3 is 0 Å². The fraction of sp³-hybridized carbons (Fsp3) is 0.143. The number of rotatable bonds is 7. The fourth-order valence-corrected chi connectivity index (χ4v) is 3.09. The van der Waals surface area contributed by atoms with E-state index in [1.165, 1.54) is 17.2 Å². The van der Waals surface area contributed by atoms with Gasteiger partial charge in [-0.25, -0.2) is 14.3 Å². The second-order valence-electron chi connectivity index (χ2n) is 6.42. The molecule has 0 aliphatic rings. The number of fused-ring (bicyclic) bond motifs is 1. The molecule has 9 nitrogen and oxygen atoms in total. The molecule has 0 bridgehead atoms. The first-order valence-electron chi connectivity index (χ1n) is 9.42. The highest BCUT2D eigenvalue weighted by molar-refractivity contribution is 6.30. The number of carbonyl (C=O) groups excluding carboxylic acids is 1. The number of amides is 1. The lowest BCUT2D eigenvalue weighted by Crippen LogP contribution is -2.35. The number of carbonyl (C=O) groups is 1. The van der Waals surface area contributed by atoms with E-state index in [1.54, 1.807) is 48.5 Å². The van der Waals surface area contributed by atoms with Gasteiger partial charge in [-0.05, 0) is 49.4 Å². The van der Waals surface area contributed by atoms with Crippen LogP contribution in [0.4, 0.5) is 0 Å². The number of hydrogen-bond donors (Lipinski definition) is 1. The molecule has 0 aliphatic carbocycles. The van der Waals surface area contributed by atoms with Crippen LogP contribution in [0.15, 0.2) is 65.8 Å². The quantitative estimate of drug-likeness (QED) is 0.475. The van der Waals surface area contributed by atoms with Gasteiger partial charge in [0.1, 0.15) is 23.2 Å². The summed E-state index contributed by atoms with van der Waals surface area (Å²) in [6, 6.07) is 13.9. The van der Waals surface area contributed by atoms with E-state index in [4.69, 9.17) is 21.1 Å². The minimum Gasteiger partial charge on any atom is -0.494 e. The standard InChI is InChI=1S/C21H18ClN5O4/c1-2-30-16-6-8-17(9-7-16)31-12-19(28)25-26-13-23-20-18(21(26)29)11-24-27(20)15-5-3-4-14(22)10-15/h3-11,13H,2,12H2,1H3,(H,25,28). The van der Waals surface area contributed by atoms with E-state index in [-0.39, 0.29) is 12.0 Å². The first-order valence-corrected chi connectivity index (χ1v) is 9.80. The largest absolute Gasteiger partial charge is 0.494 e. The molecule has 31 heavy (non-hydrogen) atoms. The molecule has 0 saturated carbocycles. The lowest BCUT2D eigenvalue weighted by molar-refractivity contribution is -0.119. The SMILES string of the molecule is CCOc1ccc(OCC(=O)Nn2cnc3c(cnn3-c3cccc(Cl)c3)c2=O)cc1. The highest BCUT2D eigenvalue weighted by atomic mass is 35.5. The van der Waals surface area contributed by atoms with Gasteiger partial charge in [0.25, 0.3) is 11.5 Å². The molecule has 0 atom stereocenters. The molecule has 0 unspecified atom stereocenters. The lowest BCUT2D eigenvalue weighted by atomic mass is 10.3. The summed E-state index contributed by atoms with van der Waals surface area (Å²) in [5, 5.41) is 5.00. The van der Waals surface area contributed by atoms with Crippen molar-refractivity contribution in [1.29, 1.82) is 0 Å². The third-order valence-corrected chi connectivity index (χ3v) is 4.53. The third kappa shape index (κ3) is 4.51. The Bertz CT molecular complexity index is 1280. The van der Waals surface area contributed by atoms with Crippen LogP contribution in [0.5, 0.6) is 11.5 Å². The van der Waals surface area contributed by atoms with E-state index < -0.39 is 11.5 Å². The Morgan fingerprint density at radius 3 is 2.58 bits per heavy atom. The first kappa shape index (κ1) is 20.4. The Morgan fingerprint density at radius 1 is 1.13 bits per heavy atom. The molecule has 2 aromatic carbocycles. The van der Waals surface area contributed by atoms with Gasteiger partial charge in [0.05, 0.1) is 18.5 Å². The molecule has 10 heteroatoms. The number of hydrogen-bond acceptors (Lipinski definition) is 6. The molecule has 0 radical (unpaired) electrons. The average Bonchev–Trinajstić information content (AvgIpc) is 3.20. The van der Waals surface area contributed by atoms with Crippen molar-refractivity contribution in [2.75, 3.05) is 18.6 Å². The summed E-state index contributed by atoms with van der Waals surface area (Å²) < 4.78 is 13.3. The molecule has 4 aromatic rings. The molecule has 1 N–H and O–H groups in total. The Labute approximate surface area is 181 Å². The maximum absolute atomic E-state index is 12.7. The van der Waals surface area contributed by atoms with E-state index in [1.807, 2.05) is 6.92 Å². The van der Waals surface area contributed by atoms with Crippen molar-refractivity contribution in [3.8, 4) is 17.2 Å². The van der Waals surface area contributed by atoms with Gasteiger partial charge in [-0.1, -0.05) is 17.7 Å². The van der Waals surface area contributed by atoms with Gasteiger partial charge in [0.15, 0.2) is 12.3 Å². The summed E-state index contributed by atoms with van der Waals surface area (Å²) in [5.74, 6) is 0.699. The maximum Gasteiger partial charge on any atom is 0.283 e. The van der Waals surface area contributed by atoms with E-state index in [9.17, 15) is 9.59 Å². The minimum atomic E-state index is -0.514. The van der Waals surface area contributed by atoms with E-state index in [0.29, 0.717) is 34.5 Å². The molecule has 2 heterocycles.